The van der Waals surface area contributed by atoms with Crippen molar-refractivity contribution < 1.29 is 4.92 Å². The second kappa shape index (κ2) is 5.75. The molecule has 1 fully saturated rings. The van der Waals surface area contributed by atoms with E-state index in [-0.39, 0.29) is 16.4 Å². The van der Waals surface area contributed by atoms with Crippen LogP contribution in [0.5, 0.6) is 0 Å². The molecule has 1 saturated heterocycles. The van der Waals surface area contributed by atoms with Crippen LogP contribution >= 0.6 is 11.6 Å². The predicted octanol–water partition coefficient (Wildman–Crippen LogP) is 3.61. The average molecular weight is 313 g/mol. The van der Waals surface area contributed by atoms with Crippen molar-refractivity contribution in [1.29, 1.82) is 0 Å². The minimum absolute atomic E-state index is 0.0337. The zero-order valence-electron chi connectivity index (χ0n) is 12.9. The molecule has 0 unspecified atom stereocenters. The third kappa shape index (κ3) is 3.43. The summed E-state index contributed by atoms with van der Waals surface area (Å²) in [4.78, 5) is 20.8. The lowest BCUT2D eigenvalue weighted by molar-refractivity contribution is -0.385. The van der Waals surface area contributed by atoms with Gasteiger partial charge in [0.15, 0.2) is 0 Å². The largest absolute Gasteiger partial charge is 0.351 e. The van der Waals surface area contributed by atoms with Gasteiger partial charge < -0.3 is 4.90 Å². The third-order valence-corrected chi connectivity index (χ3v) is 4.38. The van der Waals surface area contributed by atoms with E-state index in [1.165, 1.54) is 0 Å². The maximum Gasteiger partial charge on any atom is 0.332 e. The Bertz CT molecular complexity index is 549. The summed E-state index contributed by atoms with van der Waals surface area (Å²) in [5.41, 5.74) is 0.540. The Morgan fingerprint density at radius 2 is 1.86 bits per heavy atom. The lowest BCUT2D eigenvalue weighted by Gasteiger charge is -2.39. The summed E-state index contributed by atoms with van der Waals surface area (Å²) >= 11 is 5.88. The highest BCUT2D eigenvalue weighted by atomic mass is 35.5. The van der Waals surface area contributed by atoms with Crippen LogP contribution in [-0.2, 0) is 0 Å². The molecule has 6 nitrogen and oxygen atoms in total. The normalized spacial score (nSPS) is 17.1. The second-order valence-corrected chi connectivity index (χ2v) is 6.97. The number of aryl methyl sites for hydroxylation is 1. The molecule has 0 spiro atoms. The van der Waals surface area contributed by atoms with Crippen LogP contribution in [0, 0.1) is 28.4 Å². The molecule has 116 valence electrons. The van der Waals surface area contributed by atoms with Crippen molar-refractivity contribution in [2.75, 3.05) is 18.0 Å². The van der Waals surface area contributed by atoms with Crippen molar-refractivity contribution >= 4 is 23.1 Å². The molecule has 1 aliphatic rings. The van der Waals surface area contributed by atoms with Gasteiger partial charge in [0.25, 0.3) is 0 Å². The van der Waals surface area contributed by atoms with Gasteiger partial charge in [0, 0.05) is 13.1 Å². The zero-order chi connectivity index (χ0) is 15.8. The van der Waals surface area contributed by atoms with Crippen molar-refractivity contribution in [1.82, 2.24) is 9.97 Å². The van der Waals surface area contributed by atoms with E-state index >= 15 is 0 Å². The fourth-order valence-electron chi connectivity index (χ4n) is 2.91. The summed E-state index contributed by atoms with van der Waals surface area (Å²) < 4.78 is 0. The summed E-state index contributed by atoms with van der Waals surface area (Å²) in [6, 6.07) is 0. The Morgan fingerprint density at radius 3 is 2.33 bits per heavy atom. The molecule has 0 radical (unpaired) electrons. The Balaban J connectivity index is 2.26. The van der Waals surface area contributed by atoms with Gasteiger partial charge in [-0.2, -0.15) is 4.98 Å². The number of hydrogen-bond acceptors (Lipinski definition) is 5. The number of aromatic nitrogens is 2. The fourth-order valence-corrected chi connectivity index (χ4v) is 3.12. The molecule has 0 aromatic carbocycles. The summed E-state index contributed by atoms with van der Waals surface area (Å²) in [6.07, 6.45) is 2.00. The Hall–Kier alpha value is -1.43. The van der Waals surface area contributed by atoms with Crippen LogP contribution in [0.25, 0.3) is 0 Å². The summed E-state index contributed by atoms with van der Waals surface area (Å²) in [5.74, 6) is 0.969. The molecule has 0 amide bonds. The fraction of sp³-hybridized carbons (Fsp3) is 0.714. The first kappa shape index (κ1) is 15.9. The molecule has 21 heavy (non-hydrogen) atoms. The van der Waals surface area contributed by atoms with Gasteiger partial charge in [-0.3, -0.25) is 10.1 Å². The first-order valence-electron chi connectivity index (χ1n) is 7.13. The van der Waals surface area contributed by atoms with E-state index < -0.39 is 4.92 Å². The van der Waals surface area contributed by atoms with Crippen LogP contribution in [-0.4, -0.2) is 28.0 Å². The number of hydrogen-bond donors (Lipinski definition) is 0. The molecular formula is C14H21ClN4O2. The number of piperidine rings is 1. The van der Waals surface area contributed by atoms with Crippen LogP contribution in [0.15, 0.2) is 0 Å². The van der Waals surface area contributed by atoms with Crippen molar-refractivity contribution in [3.05, 3.63) is 21.1 Å². The van der Waals surface area contributed by atoms with Gasteiger partial charge in [0.2, 0.25) is 11.1 Å². The first-order valence-corrected chi connectivity index (χ1v) is 7.51. The molecule has 1 aromatic heterocycles. The van der Waals surface area contributed by atoms with Gasteiger partial charge in [-0.15, -0.1) is 0 Å². The molecule has 0 aliphatic carbocycles. The molecule has 0 atom stereocenters. The molecule has 2 heterocycles. The maximum atomic E-state index is 11.3. The van der Waals surface area contributed by atoms with Gasteiger partial charge >= 0.3 is 5.69 Å². The quantitative estimate of drug-likeness (QED) is 0.474. The van der Waals surface area contributed by atoms with Crippen molar-refractivity contribution in [3.63, 3.8) is 0 Å². The van der Waals surface area contributed by atoms with Gasteiger partial charge in [-0.25, -0.2) is 4.98 Å². The van der Waals surface area contributed by atoms with Crippen LogP contribution in [0.3, 0.4) is 0 Å². The summed E-state index contributed by atoms with van der Waals surface area (Å²) in [7, 11) is 0. The Labute approximate surface area is 129 Å². The highest BCUT2D eigenvalue weighted by molar-refractivity contribution is 6.28. The molecule has 1 aliphatic heterocycles. The number of rotatable bonds is 2. The van der Waals surface area contributed by atoms with E-state index in [4.69, 9.17) is 11.6 Å². The number of anilines is 1. The summed E-state index contributed by atoms with van der Waals surface area (Å²) in [6.45, 7) is 9.83. The molecule has 0 saturated carbocycles. The first-order chi connectivity index (χ1) is 9.70. The van der Waals surface area contributed by atoms with E-state index in [0.717, 1.165) is 25.9 Å². The highest BCUT2D eigenvalue weighted by Gasteiger charge is 2.33. The topological polar surface area (TPSA) is 72.2 Å². The van der Waals surface area contributed by atoms with Crippen LogP contribution in [0.4, 0.5) is 11.5 Å². The van der Waals surface area contributed by atoms with Gasteiger partial charge in [-0.05, 0) is 42.7 Å². The van der Waals surface area contributed by atoms with E-state index in [0.29, 0.717) is 17.4 Å². The standard InChI is InChI=1S/C14H21ClN4O2/c1-9-11(19(20)21)12(17-13(15)16-9)18-7-5-10(6-8-18)14(2,3)4/h10H,5-8H2,1-4H3. The highest BCUT2D eigenvalue weighted by Crippen LogP contribution is 2.37. The smallest absolute Gasteiger partial charge is 0.332 e. The predicted molar refractivity (Wildman–Crippen MR) is 82.8 cm³/mol. The molecule has 7 heteroatoms. The maximum absolute atomic E-state index is 11.3. The van der Waals surface area contributed by atoms with Gasteiger partial charge in [0.1, 0.15) is 5.69 Å². The van der Waals surface area contributed by atoms with Gasteiger partial charge in [0.05, 0.1) is 4.92 Å². The van der Waals surface area contributed by atoms with E-state index in [1.54, 1.807) is 6.92 Å². The number of halogens is 1. The molecule has 1 aromatic rings. The van der Waals surface area contributed by atoms with E-state index in [1.807, 2.05) is 4.90 Å². The zero-order valence-corrected chi connectivity index (χ0v) is 13.6. The number of nitrogens with zero attached hydrogens (tertiary/aromatic N) is 4. The minimum Gasteiger partial charge on any atom is -0.351 e. The monoisotopic (exact) mass is 312 g/mol. The lowest BCUT2D eigenvalue weighted by Crippen LogP contribution is -2.38. The van der Waals surface area contributed by atoms with Crippen molar-refractivity contribution in [2.45, 2.75) is 40.5 Å². The Kier molecular flexibility index (Phi) is 4.37. The second-order valence-electron chi connectivity index (χ2n) is 6.63. The van der Waals surface area contributed by atoms with E-state index in [2.05, 4.69) is 30.7 Å². The van der Waals surface area contributed by atoms with E-state index in [9.17, 15) is 10.1 Å². The summed E-state index contributed by atoms with van der Waals surface area (Å²) in [5, 5.41) is 11.3. The van der Waals surface area contributed by atoms with Crippen molar-refractivity contribution in [2.24, 2.45) is 11.3 Å². The molecule has 0 bridgehead atoms. The molecule has 0 N–H and O–H groups in total. The average Bonchev–Trinajstić information content (AvgIpc) is 2.36. The van der Waals surface area contributed by atoms with Crippen LogP contribution in [0.2, 0.25) is 5.28 Å². The van der Waals surface area contributed by atoms with Crippen LogP contribution in [0.1, 0.15) is 39.3 Å². The minimum atomic E-state index is -0.420. The third-order valence-electron chi connectivity index (χ3n) is 4.21. The molecular weight excluding hydrogens is 292 g/mol. The lowest BCUT2D eigenvalue weighted by atomic mass is 9.75. The van der Waals surface area contributed by atoms with Crippen LogP contribution < -0.4 is 4.90 Å². The Morgan fingerprint density at radius 1 is 1.29 bits per heavy atom. The molecule has 2 rings (SSSR count). The number of nitro groups is 1. The SMILES string of the molecule is Cc1nc(Cl)nc(N2CCC(C(C)(C)C)CC2)c1[N+](=O)[O-]. The van der Waals surface area contributed by atoms with Gasteiger partial charge in [-0.1, -0.05) is 20.8 Å². The van der Waals surface area contributed by atoms with Crippen molar-refractivity contribution in [3.8, 4) is 0 Å².